The van der Waals surface area contributed by atoms with Crippen LogP contribution in [0.15, 0.2) is 42.5 Å². The van der Waals surface area contributed by atoms with Gasteiger partial charge in [0.25, 0.3) is 5.91 Å². The summed E-state index contributed by atoms with van der Waals surface area (Å²) in [6, 6.07) is 14.5. The molecule has 0 atom stereocenters. The van der Waals surface area contributed by atoms with E-state index in [-0.39, 0.29) is 0 Å². The average molecular weight is 302 g/mol. The maximum Gasteiger partial charge on any atom is 0.291 e. The van der Waals surface area contributed by atoms with Gasteiger partial charge in [0.15, 0.2) is 0 Å². The Morgan fingerprint density at radius 2 is 1.70 bits per heavy atom. The average Bonchev–Trinajstić information content (AvgIpc) is 2.54. The van der Waals surface area contributed by atoms with Crippen LogP contribution in [-0.2, 0) is 9.59 Å². The Morgan fingerprint density at radius 1 is 1.00 bits per heavy atom. The van der Waals surface area contributed by atoms with Crippen molar-refractivity contribution < 1.29 is 9.59 Å². The Morgan fingerprint density at radius 3 is 2.30 bits per heavy atom. The second kappa shape index (κ2) is 7.06. The fraction of sp³-hybridized carbons (Fsp3) is 0.105. The molecule has 0 aliphatic carbocycles. The van der Waals surface area contributed by atoms with E-state index in [9.17, 15) is 9.59 Å². The summed E-state index contributed by atoms with van der Waals surface area (Å²) in [6.45, 7) is 3.13. The Hall–Kier alpha value is -3.37. The van der Waals surface area contributed by atoms with E-state index >= 15 is 0 Å². The van der Waals surface area contributed by atoms with Crippen LogP contribution in [-0.4, -0.2) is 11.7 Å². The normalized spacial score (nSPS) is 9.26. The molecule has 4 heteroatoms. The van der Waals surface area contributed by atoms with Crippen molar-refractivity contribution in [2.45, 2.75) is 13.8 Å². The first-order valence-corrected chi connectivity index (χ1v) is 6.94. The van der Waals surface area contributed by atoms with Crippen molar-refractivity contribution >= 4 is 17.4 Å². The van der Waals surface area contributed by atoms with Crippen molar-refractivity contribution in [1.82, 2.24) is 0 Å². The zero-order chi connectivity index (χ0) is 16.8. The molecule has 23 heavy (non-hydrogen) atoms. The van der Waals surface area contributed by atoms with Gasteiger partial charge in [-0.3, -0.25) is 9.59 Å². The van der Waals surface area contributed by atoms with E-state index < -0.39 is 11.7 Å². The number of carbonyl (C=O) groups excluding carboxylic acids is 2. The van der Waals surface area contributed by atoms with E-state index in [1.807, 2.05) is 19.1 Å². The molecule has 0 bridgehead atoms. The summed E-state index contributed by atoms with van der Waals surface area (Å²) in [4.78, 5) is 22.2. The molecule has 0 radical (unpaired) electrons. The van der Waals surface area contributed by atoms with E-state index in [1.54, 1.807) is 30.3 Å². The first-order valence-electron chi connectivity index (χ1n) is 6.94. The summed E-state index contributed by atoms with van der Waals surface area (Å²) in [5.74, 6) is 4.75. The number of nitrogens with zero attached hydrogens (tertiary/aromatic N) is 1. The summed E-state index contributed by atoms with van der Waals surface area (Å²) >= 11 is 0. The van der Waals surface area contributed by atoms with E-state index in [0.717, 1.165) is 11.1 Å². The number of benzene rings is 2. The van der Waals surface area contributed by atoms with Crippen molar-refractivity contribution in [3.05, 3.63) is 64.7 Å². The number of carbonyl (C=O) groups is 2. The zero-order valence-electron chi connectivity index (χ0n) is 12.8. The molecule has 2 aromatic carbocycles. The Bertz CT molecular complexity index is 863. The highest BCUT2D eigenvalue weighted by Gasteiger charge is 2.06. The van der Waals surface area contributed by atoms with Gasteiger partial charge in [-0.15, -0.1) is 0 Å². The lowest BCUT2D eigenvalue weighted by Crippen LogP contribution is -2.19. The van der Waals surface area contributed by atoms with Crippen molar-refractivity contribution in [3.63, 3.8) is 0 Å². The first kappa shape index (κ1) is 16.0. The molecule has 0 unspecified atom stereocenters. The third-order valence-corrected chi connectivity index (χ3v) is 3.10. The molecule has 1 N–H and O–H groups in total. The molecular formula is C19H14N2O2. The zero-order valence-corrected chi connectivity index (χ0v) is 12.8. The molecule has 0 aliphatic rings. The maximum absolute atomic E-state index is 11.3. The van der Waals surface area contributed by atoms with E-state index in [2.05, 4.69) is 23.2 Å². The summed E-state index contributed by atoms with van der Waals surface area (Å²) in [5.41, 5.74) is 3.51. The first-order chi connectivity index (χ1) is 11.0. The molecule has 0 spiro atoms. The van der Waals surface area contributed by atoms with Crippen LogP contribution in [0, 0.1) is 30.1 Å². The Kier molecular flexibility index (Phi) is 4.92. The molecule has 0 saturated carbocycles. The Labute approximate surface area is 134 Å². The van der Waals surface area contributed by atoms with Gasteiger partial charge in [0.05, 0.1) is 5.56 Å². The minimum absolute atomic E-state index is 0.531. The van der Waals surface area contributed by atoms with Crippen LogP contribution in [0.4, 0.5) is 5.69 Å². The van der Waals surface area contributed by atoms with Crippen molar-refractivity contribution in [1.29, 1.82) is 5.26 Å². The molecule has 1 amide bonds. The maximum atomic E-state index is 11.3. The van der Waals surface area contributed by atoms with E-state index in [1.165, 1.54) is 6.92 Å². The number of ketones is 1. The van der Waals surface area contributed by atoms with Gasteiger partial charge < -0.3 is 5.32 Å². The number of hydrogen-bond donors (Lipinski definition) is 1. The molecule has 112 valence electrons. The standard InChI is InChI=1S/C19H14N2O2/c1-13-3-7-16(17(11-13)12-20)8-4-15-5-9-18(10-6-15)21-19(23)14(2)22/h3,5-7,9-11H,1-2H3,(H,21,23). The number of nitrogens with one attached hydrogen (secondary N) is 1. The van der Waals surface area contributed by atoms with Crippen LogP contribution < -0.4 is 5.32 Å². The highest BCUT2D eigenvalue weighted by atomic mass is 16.2. The quantitative estimate of drug-likeness (QED) is 0.685. The van der Waals surface area contributed by atoms with Crippen LogP contribution in [0.5, 0.6) is 0 Å². The van der Waals surface area contributed by atoms with Crippen molar-refractivity contribution in [2.24, 2.45) is 0 Å². The largest absolute Gasteiger partial charge is 0.319 e. The van der Waals surface area contributed by atoms with Gasteiger partial charge >= 0.3 is 0 Å². The van der Waals surface area contributed by atoms with E-state index in [4.69, 9.17) is 5.26 Å². The predicted molar refractivity (Wildman–Crippen MR) is 87.6 cm³/mol. The molecule has 0 heterocycles. The second-order valence-electron chi connectivity index (χ2n) is 5.00. The molecule has 0 aliphatic heterocycles. The second-order valence-corrected chi connectivity index (χ2v) is 5.00. The van der Waals surface area contributed by atoms with Gasteiger partial charge in [-0.2, -0.15) is 5.26 Å². The van der Waals surface area contributed by atoms with Crippen LogP contribution in [0.25, 0.3) is 0 Å². The van der Waals surface area contributed by atoms with Crippen LogP contribution >= 0.6 is 0 Å². The lowest BCUT2D eigenvalue weighted by atomic mass is 10.1. The topological polar surface area (TPSA) is 70.0 Å². The van der Waals surface area contributed by atoms with Crippen molar-refractivity contribution in [3.8, 4) is 17.9 Å². The minimum Gasteiger partial charge on any atom is -0.319 e. The molecule has 2 rings (SSSR count). The molecule has 0 aromatic heterocycles. The van der Waals surface area contributed by atoms with E-state index in [0.29, 0.717) is 16.8 Å². The fourth-order valence-electron chi connectivity index (χ4n) is 1.86. The lowest BCUT2D eigenvalue weighted by Gasteiger charge is -2.02. The van der Waals surface area contributed by atoms with Crippen LogP contribution in [0.1, 0.15) is 29.2 Å². The summed E-state index contributed by atoms with van der Waals surface area (Å²) in [7, 11) is 0. The number of hydrogen-bond acceptors (Lipinski definition) is 3. The van der Waals surface area contributed by atoms with Gasteiger partial charge in [0.2, 0.25) is 5.78 Å². The van der Waals surface area contributed by atoms with Gasteiger partial charge in [0.1, 0.15) is 6.07 Å². The van der Waals surface area contributed by atoms with Crippen molar-refractivity contribution in [2.75, 3.05) is 5.32 Å². The Balaban J connectivity index is 2.18. The van der Waals surface area contributed by atoms with Gasteiger partial charge in [0, 0.05) is 23.7 Å². The molecule has 0 saturated heterocycles. The van der Waals surface area contributed by atoms with Gasteiger partial charge in [-0.1, -0.05) is 17.9 Å². The molecule has 0 fully saturated rings. The molecule has 4 nitrogen and oxygen atoms in total. The lowest BCUT2D eigenvalue weighted by molar-refractivity contribution is -0.133. The molecular weight excluding hydrogens is 288 g/mol. The van der Waals surface area contributed by atoms with Crippen LogP contribution in [0.3, 0.4) is 0 Å². The number of Topliss-reactive ketones (excluding diaryl/α,β-unsaturated/α-hetero) is 1. The third-order valence-electron chi connectivity index (χ3n) is 3.10. The van der Waals surface area contributed by atoms with Gasteiger partial charge in [-0.25, -0.2) is 0 Å². The van der Waals surface area contributed by atoms with Gasteiger partial charge in [-0.05, 0) is 48.9 Å². The summed E-state index contributed by atoms with van der Waals surface area (Å²) < 4.78 is 0. The predicted octanol–water partition coefficient (Wildman–Crippen LogP) is 2.79. The SMILES string of the molecule is CC(=O)C(=O)Nc1ccc(C#Cc2ccc(C)cc2C#N)cc1. The van der Waals surface area contributed by atoms with Crippen LogP contribution in [0.2, 0.25) is 0 Å². The summed E-state index contributed by atoms with van der Waals surface area (Å²) in [5, 5.41) is 11.6. The number of aryl methyl sites for hydroxylation is 1. The fourth-order valence-corrected chi connectivity index (χ4v) is 1.86. The highest BCUT2D eigenvalue weighted by molar-refractivity contribution is 6.39. The monoisotopic (exact) mass is 302 g/mol. The number of amides is 1. The molecule has 2 aromatic rings. The number of anilines is 1. The minimum atomic E-state index is -0.651. The highest BCUT2D eigenvalue weighted by Crippen LogP contribution is 2.11. The third kappa shape index (κ3) is 4.30. The summed E-state index contributed by atoms with van der Waals surface area (Å²) in [6.07, 6.45) is 0. The number of rotatable bonds is 2. The smallest absolute Gasteiger partial charge is 0.291 e. The number of nitriles is 1.